The van der Waals surface area contributed by atoms with Crippen LogP contribution in [0.2, 0.25) is 0 Å². The zero-order valence-electron chi connectivity index (χ0n) is 15.3. The van der Waals surface area contributed by atoms with E-state index in [1.807, 2.05) is 49.6 Å². The summed E-state index contributed by atoms with van der Waals surface area (Å²) in [6.45, 7) is 0.755. The van der Waals surface area contributed by atoms with E-state index in [1.165, 1.54) is 12.1 Å². The molecule has 0 atom stereocenters. The van der Waals surface area contributed by atoms with Crippen LogP contribution in [-0.2, 0) is 6.54 Å². The molecule has 2 N–H and O–H groups in total. The van der Waals surface area contributed by atoms with Crippen LogP contribution in [0.15, 0.2) is 72.0 Å². The summed E-state index contributed by atoms with van der Waals surface area (Å²) in [5, 5.41) is 10.7. The van der Waals surface area contributed by atoms with Gasteiger partial charge in [-0.2, -0.15) is 0 Å². The Bertz CT molecular complexity index is 1120. The fourth-order valence-corrected chi connectivity index (χ4v) is 3.09. The highest BCUT2D eigenvalue weighted by atomic mass is 19.1. The number of fused-ring (bicyclic) bond motifs is 1. The second-order valence-electron chi connectivity index (χ2n) is 6.57. The standard InChI is InChI=1S/C22H19FN4O/c1-27(14-15-3-2-10-24-12-15)18-7-5-17(6-8-18)25-13-20-19-11-16(23)4-9-21(19)26-22(20)28/h2-13,26,28H,14H2,1H3. The molecule has 0 radical (unpaired) electrons. The molecule has 2 aromatic carbocycles. The Morgan fingerprint density at radius 3 is 2.75 bits per heavy atom. The van der Waals surface area contributed by atoms with Gasteiger partial charge in [0.25, 0.3) is 0 Å². The van der Waals surface area contributed by atoms with Crippen LogP contribution < -0.4 is 4.90 Å². The summed E-state index contributed by atoms with van der Waals surface area (Å²) in [5.74, 6) is -0.390. The van der Waals surface area contributed by atoms with Crippen molar-refractivity contribution in [3.63, 3.8) is 0 Å². The lowest BCUT2D eigenvalue weighted by Gasteiger charge is -2.19. The maximum atomic E-state index is 13.5. The first kappa shape index (κ1) is 17.7. The molecule has 0 unspecified atom stereocenters. The predicted octanol–water partition coefficient (Wildman–Crippen LogP) is 4.79. The summed E-state index contributed by atoms with van der Waals surface area (Å²) in [5.41, 5.74) is 4.05. The number of aromatic hydroxyl groups is 1. The zero-order valence-corrected chi connectivity index (χ0v) is 15.3. The average molecular weight is 374 g/mol. The number of nitrogens with zero attached hydrogens (tertiary/aromatic N) is 3. The van der Waals surface area contributed by atoms with Crippen molar-refractivity contribution < 1.29 is 9.50 Å². The largest absolute Gasteiger partial charge is 0.494 e. The van der Waals surface area contributed by atoms with Crippen molar-refractivity contribution in [3.8, 4) is 5.88 Å². The fourth-order valence-electron chi connectivity index (χ4n) is 3.09. The second kappa shape index (κ2) is 7.52. The third-order valence-corrected chi connectivity index (χ3v) is 4.56. The highest BCUT2D eigenvalue weighted by Gasteiger charge is 2.09. The summed E-state index contributed by atoms with van der Waals surface area (Å²) in [7, 11) is 2.02. The molecular formula is C22H19FN4O. The summed E-state index contributed by atoms with van der Waals surface area (Å²) < 4.78 is 13.5. The lowest BCUT2D eigenvalue weighted by Crippen LogP contribution is -2.16. The van der Waals surface area contributed by atoms with Gasteiger partial charge in [-0.25, -0.2) is 4.39 Å². The average Bonchev–Trinajstić information content (AvgIpc) is 3.02. The van der Waals surface area contributed by atoms with Gasteiger partial charge in [0.15, 0.2) is 5.88 Å². The Labute approximate surface area is 161 Å². The number of anilines is 1. The van der Waals surface area contributed by atoms with Gasteiger partial charge in [0.05, 0.1) is 11.3 Å². The molecule has 4 aromatic rings. The third kappa shape index (κ3) is 3.71. The summed E-state index contributed by atoms with van der Waals surface area (Å²) >= 11 is 0. The fraction of sp³-hybridized carbons (Fsp3) is 0.0909. The van der Waals surface area contributed by atoms with Gasteiger partial charge in [0, 0.05) is 48.8 Å². The quantitative estimate of drug-likeness (QED) is 0.494. The number of nitrogens with one attached hydrogen (secondary N) is 1. The first-order valence-corrected chi connectivity index (χ1v) is 8.84. The Morgan fingerprint density at radius 1 is 1.18 bits per heavy atom. The maximum absolute atomic E-state index is 13.5. The number of H-pyrrole nitrogens is 1. The number of pyridine rings is 1. The zero-order chi connectivity index (χ0) is 19.5. The molecule has 0 saturated heterocycles. The van der Waals surface area contributed by atoms with Gasteiger partial charge in [0.1, 0.15) is 5.82 Å². The first-order chi connectivity index (χ1) is 13.6. The van der Waals surface area contributed by atoms with Crippen molar-refractivity contribution in [2.24, 2.45) is 4.99 Å². The molecule has 0 aliphatic heterocycles. The molecular weight excluding hydrogens is 355 g/mol. The van der Waals surface area contributed by atoms with E-state index in [1.54, 1.807) is 18.5 Å². The Hall–Kier alpha value is -3.67. The minimum Gasteiger partial charge on any atom is -0.494 e. The smallest absolute Gasteiger partial charge is 0.198 e. The van der Waals surface area contributed by atoms with E-state index < -0.39 is 0 Å². The van der Waals surface area contributed by atoms with Crippen LogP contribution in [0, 0.1) is 5.82 Å². The molecule has 0 bridgehead atoms. The van der Waals surface area contributed by atoms with Gasteiger partial charge in [0.2, 0.25) is 0 Å². The van der Waals surface area contributed by atoms with E-state index in [-0.39, 0.29) is 11.7 Å². The predicted molar refractivity (Wildman–Crippen MR) is 110 cm³/mol. The first-order valence-electron chi connectivity index (χ1n) is 8.84. The molecule has 28 heavy (non-hydrogen) atoms. The van der Waals surface area contributed by atoms with Gasteiger partial charge in [-0.05, 0) is 54.1 Å². The minimum atomic E-state index is -0.359. The van der Waals surface area contributed by atoms with Crippen molar-refractivity contribution in [2.45, 2.75) is 6.54 Å². The number of aromatic amines is 1. The van der Waals surface area contributed by atoms with Crippen molar-refractivity contribution in [1.29, 1.82) is 0 Å². The van der Waals surface area contributed by atoms with Gasteiger partial charge < -0.3 is 15.0 Å². The number of hydrogen-bond donors (Lipinski definition) is 2. The number of rotatable bonds is 5. The van der Waals surface area contributed by atoms with E-state index in [9.17, 15) is 9.50 Å². The lowest BCUT2D eigenvalue weighted by atomic mass is 10.2. The monoisotopic (exact) mass is 374 g/mol. The Balaban J connectivity index is 1.52. The van der Waals surface area contributed by atoms with E-state index in [0.29, 0.717) is 16.5 Å². The minimum absolute atomic E-state index is 0.0304. The lowest BCUT2D eigenvalue weighted by molar-refractivity contribution is 0.457. The number of hydrogen-bond acceptors (Lipinski definition) is 4. The number of aromatic nitrogens is 2. The maximum Gasteiger partial charge on any atom is 0.198 e. The molecule has 4 rings (SSSR count). The van der Waals surface area contributed by atoms with Crippen molar-refractivity contribution in [1.82, 2.24) is 9.97 Å². The van der Waals surface area contributed by atoms with Crippen molar-refractivity contribution in [2.75, 3.05) is 11.9 Å². The summed E-state index contributed by atoms with van der Waals surface area (Å²) in [6, 6.07) is 16.1. The van der Waals surface area contributed by atoms with Crippen molar-refractivity contribution >= 4 is 28.5 Å². The van der Waals surface area contributed by atoms with Crippen LogP contribution in [0.4, 0.5) is 15.8 Å². The molecule has 0 spiro atoms. The number of aliphatic imine (C=N–C) groups is 1. The molecule has 6 heteroatoms. The van der Waals surface area contributed by atoms with E-state index >= 15 is 0 Å². The molecule has 0 aliphatic rings. The van der Waals surface area contributed by atoms with Crippen molar-refractivity contribution in [3.05, 3.63) is 83.9 Å². The van der Waals surface area contributed by atoms with E-state index in [4.69, 9.17) is 0 Å². The Morgan fingerprint density at radius 2 is 2.00 bits per heavy atom. The van der Waals surface area contributed by atoms with Gasteiger partial charge in [-0.1, -0.05) is 6.07 Å². The Kier molecular flexibility index (Phi) is 4.76. The van der Waals surface area contributed by atoms with E-state index in [0.717, 1.165) is 23.5 Å². The molecule has 0 amide bonds. The molecule has 0 saturated carbocycles. The molecule has 140 valence electrons. The molecule has 0 fully saturated rings. The summed E-state index contributed by atoms with van der Waals surface area (Å²) in [6.07, 6.45) is 5.16. The normalized spacial score (nSPS) is 11.4. The SMILES string of the molecule is CN(Cc1cccnc1)c1ccc(N=Cc2c(O)[nH]c3ccc(F)cc23)cc1. The van der Waals surface area contributed by atoms with Gasteiger partial charge in [-0.15, -0.1) is 0 Å². The third-order valence-electron chi connectivity index (χ3n) is 4.56. The topological polar surface area (TPSA) is 64.5 Å². The highest BCUT2D eigenvalue weighted by molar-refractivity contribution is 6.02. The van der Waals surface area contributed by atoms with E-state index in [2.05, 4.69) is 19.9 Å². The number of halogens is 1. The van der Waals surface area contributed by atoms with Gasteiger partial charge >= 0.3 is 0 Å². The van der Waals surface area contributed by atoms with Crippen LogP contribution in [0.1, 0.15) is 11.1 Å². The van der Waals surface area contributed by atoms with Crippen LogP contribution in [0.3, 0.4) is 0 Å². The van der Waals surface area contributed by atoms with Crippen LogP contribution in [0.25, 0.3) is 10.9 Å². The molecule has 2 heterocycles. The molecule has 0 aliphatic carbocycles. The summed E-state index contributed by atoms with van der Waals surface area (Å²) in [4.78, 5) is 13.5. The van der Waals surface area contributed by atoms with Gasteiger partial charge in [-0.3, -0.25) is 9.98 Å². The van der Waals surface area contributed by atoms with Crippen LogP contribution in [0.5, 0.6) is 5.88 Å². The number of benzene rings is 2. The van der Waals surface area contributed by atoms with Crippen LogP contribution in [-0.4, -0.2) is 28.3 Å². The van der Waals surface area contributed by atoms with Crippen LogP contribution >= 0.6 is 0 Å². The second-order valence-corrected chi connectivity index (χ2v) is 6.57. The highest BCUT2D eigenvalue weighted by Crippen LogP contribution is 2.27. The molecule has 5 nitrogen and oxygen atoms in total. The molecule has 2 aromatic heterocycles.